The number of carbonyl (C=O) groups is 6. The Kier molecular flexibility index (Phi) is 16.8. The fraction of sp³-hybridized carbons (Fsp3) is 0.176. The Morgan fingerprint density at radius 1 is 0.304 bits per heavy atom. The Balaban J connectivity index is 2.00. The quantitative estimate of drug-likeness (QED) is 0.0216. The molecule has 0 spiro atoms. The molecule has 0 aliphatic rings. The predicted octanol–water partition coefficient (Wildman–Crippen LogP) is 8.29. The van der Waals surface area contributed by atoms with E-state index in [2.05, 4.69) is 0 Å². The Labute approximate surface area is 394 Å². The van der Waals surface area contributed by atoms with Gasteiger partial charge in [0.2, 0.25) is 0 Å². The summed E-state index contributed by atoms with van der Waals surface area (Å²) >= 11 is 0. The van der Waals surface area contributed by atoms with Gasteiger partial charge in [-0.15, -0.1) is 0 Å². The van der Waals surface area contributed by atoms with E-state index in [4.69, 9.17) is 58.7 Å². The van der Waals surface area contributed by atoms with Crippen LogP contribution in [0.3, 0.4) is 0 Å². The first kappa shape index (κ1) is 50.3. The van der Waals surface area contributed by atoms with Crippen molar-refractivity contribution in [3.63, 3.8) is 0 Å². The van der Waals surface area contributed by atoms with Crippen LogP contribution in [-0.2, 0) is 29.3 Å². The number of benzene rings is 6. The van der Waals surface area contributed by atoms with Gasteiger partial charge in [0, 0.05) is 6.42 Å². The third kappa shape index (κ3) is 9.70. The van der Waals surface area contributed by atoms with E-state index in [-0.39, 0.29) is 22.8 Å². The normalized spacial score (nSPS) is 11.2. The summed E-state index contributed by atoms with van der Waals surface area (Å²) in [5.41, 5.74) is -10.8. The number of hydrogen-bond acceptors (Lipinski definition) is 18. The number of hydrogen-bond donors (Lipinski definition) is 0. The Hall–Kier alpha value is -8.10. The zero-order valence-electron chi connectivity index (χ0n) is 37.9. The molecule has 69 heavy (non-hydrogen) atoms. The summed E-state index contributed by atoms with van der Waals surface area (Å²) in [7, 11) is 6.78. The maximum atomic E-state index is 16.9. The third-order valence-electron chi connectivity index (χ3n) is 10.7. The fourth-order valence-electron chi connectivity index (χ4n) is 7.97. The van der Waals surface area contributed by atoms with Crippen molar-refractivity contribution >= 4 is 34.7 Å². The highest BCUT2D eigenvalue weighted by Crippen LogP contribution is 2.57. The highest BCUT2D eigenvalue weighted by atomic mass is 17.2. The number of ketones is 6. The van der Waals surface area contributed by atoms with E-state index in [0.717, 1.165) is 60.9 Å². The second-order valence-electron chi connectivity index (χ2n) is 14.4. The standard InChI is InChI=1S/C51H44O18/c1-58-64-39-25-13-7-19-32(39)38(52)31-50(45(53)33-20-8-14-26-40(33)65-59-2,46(54)34-21-9-15-27-41(34)66-60-3)51(47(55)35-22-10-16-28-42(35)67-61-4,48(56)36-23-11-17-29-43(36)68-62-5)49(57)37-24-12-18-30-44(37)69-63-6/h7-30H,31H2,1-6H3. The Bertz CT molecular complexity index is 2630. The largest absolute Gasteiger partial charge is 0.337 e. The van der Waals surface area contributed by atoms with Crippen LogP contribution in [0.4, 0.5) is 0 Å². The summed E-state index contributed by atoms with van der Waals surface area (Å²) in [4.78, 5) is 163. The molecule has 0 amide bonds. The van der Waals surface area contributed by atoms with Gasteiger partial charge >= 0.3 is 0 Å². The van der Waals surface area contributed by atoms with E-state index in [0.29, 0.717) is 0 Å². The van der Waals surface area contributed by atoms with Crippen molar-refractivity contribution in [2.24, 2.45) is 10.8 Å². The zero-order chi connectivity index (χ0) is 49.6. The van der Waals surface area contributed by atoms with Gasteiger partial charge in [-0.05, 0) is 72.8 Å². The highest BCUT2D eigenvalue weighted by Gasteiger charge is 2.74. The van der Waals surface area contributed by atoms with Crippen LogP contribution in [0.2, 0.25) is 0 Å². The van der Waals surface area contributed by atoms with Crippen LogP contribution in [0.5, 0.6) is 34.5 Å². The van der Waals surface area contributed by atoms with Crippen molar-refractivity contribution in [2.75, 3.05) is 42.7 Å². The van der Waals surface area contributed by atoms with Gasteiger partial charge in [0.1, 0.15) is 5.41 Å². The van der Waals surface area contributed by atoms with Gasteiger partial charge in [-0.1, -0.05) is 72.8 Å². The van der Waals surface area contributed by atoms with Crippen molar-refractivity contribution in [3.8, 4) is 34.5 Å². The number of rotatable bonds is 26. The van der Waals surface area contributed by atoms with Crippen LogP contribution >= 0.6 is 0 Å². The lowest BCUT2D eigenvalue weighted by molar-refractivity contribution is -0.178. The molecule has 6 aromatic rings. The first-order valence-corrected chi connectivity index (χ1v) is 20.6. The van der Waals surface area contributed by atoms with E-state index in [1.807, 2.05) is 0 Å². The number of para-hydroxylation sites is 6. The first-order valence-electron chi connectivity index (χ1n) is 20.6. The maximum Gasteiger partial charge on any atom is 0.190 e. The van der Waals surface area contributed by atoms with Crippen LogP contribution in [-0.4, -0.2) is 77.4 Å². The molecular formula is C51H44O18. The summed E-state index contributed by atoms with van der Waals surface area (Å²) in [6, 6.07) is 31.8. The molecule has 0 fully saturated rings. The molecule has 0 N–H and O–H groups in total. The van der Waals surface area contributed by atoms with Gasteiger partial charge in [0.05, 0.1) is 76.0 Å². The van der Waals surface area contributed by atoms with Crippen molar-refractivity contribution in [3.05, 3.63) is 179 Å². The average molecular weight is 945 g/mol. The molecule has 0 atom stereocenters. The molecule has 18 nitrogen and oxygen atoms in total. The molecule has 0 radical (unpaired) electrons. The number of carbonyl (C=O) groups excluding carboxylic acids is 6. The minimum absolute atomic E-state index is 0.226. The zero-order valence-corrected chi connectivity index (χ0v) is 37.9. The molecule has 0 saturated heterocycles. The van der Waals surface area contributed by atoms with Crippen LogP contribution in [0.1, 0.15) is 68.6 Å². The molecule has 0 aliphatic heterocycles. The van der Waals surface area contributed by atoms with E-state index in [1.54, 1.807) is 0 Å². The minimum atomic E-state index is -3.86. The minimum Gasteiger partial charge on any atom is -0.337 e. The lowest BCUT2D eigenvalue weighted by Gasteiger charge is -2.45. The molecule has 356 valence electrons. The molecule has 0 aromatic heterocycles. The van der Waals surface area contributed by atoms with Gasteiger partial charge < -0.3 is 29.3 Å². The molecule has 18 heteroatoms. The van der Waals surface area contributed by atoms with Gasteiger partial charge in [-0.3, -0.25) is 28.8 Å². The van der Waals surface area contributed by atoms with E-state index < -0.39 is 97.0 Å². The van der Waals surface area contributed by atoms with Crippen molar-refractivity contribution in [2.45, 2.75) is 6.42 Å². The van der Waals surface area contributed by atoms with Gasteiger partial charge in [-0.2, -0.15) is 29.3 Å². The third-order valence-corrected chi connectivity index (χ3v) is 10.7. The molecular weight excluding hydrogens is 901 g/mol. The second kappa shape index (κ2) is 23.1. The lowest BCUT2D eigenvalue weighted by atomic mass is 9.47. The smallest absolute Gasteiger partial charge is 0.190 e. The maximum absolute atomic E-state index is 16.9. The molecule has 6 rings (SSSR count). The Morgan fingerprint density at radius 3 is 0.754 bits per heavy atom. The van der Waals surface area contributed by atoms with Crippen molar-refractivity contribution in [1.29, 1.82) is 0 Å². The summed E-state index contributed by atoms with van der Waals surface area (Å²) in [6.45, 7) is 0. The molecule has 0 aliphatic carbocycles. The van der Waals surface area contributed by atoms with E-state index >= 15 is 28.8 Å². The van der Waals surface area contributed by atoms with Gasteiger partial charge in [0.25, 0.3) is 0 Å². The molecule has 6 aromatic carbocycles. The summed E-state index contributed by atoms with van der Waals surface area (Å²) in [5.74, 6) is -11.0. The Morgan fingerprint density at radius 2 is 0.507 bits per heavy atom. The molecule has 0 saturated carbocycles. The van der Waals surface area contributed by atoms with E-state index in [9.17, 15) is 0 Å². The summed E-state index contributed by atoms with van der Waals surface area (Å²) in [6.07, 6.45) is -1.49. The van der Waals surface area contributed by atoms with Crippen molar-refractivity contribution in [1.82, 2.24) is 0 Å². The molecule has 0 bridgehead atoms. The average Bonchev–Trinajstić information content (AvgIpc) is 3.37. The van der Waals surface area contributed by atoms with Crippen LogP contribution in [0, 0.1) is 10.8 Å². The fourth-order valence-corrected chi connectivity index (χ4v) is 7.97. The second-order valence-corrected chi connectivity index (χ2v) is 14.4. The monoisotopic (exact) mass is 944 g/mol. The van der Waals surface area contributed by atoms with Crippen LogP contribution < -0.4 is 29.3 Å². The number of Topliss-reactive ketones (excluding diaryl/α,β-unsaturated/α-hetero) is 6. The van der Waals surface area contributed by atoms with Gasteiger partial charge in [0.15, 0.2) is 74.6 Å². The summed E-state index contributed by atoms with van der Waals surface area (Å²) < 4.78 is 0. The van der Waals surface area contributed by atoms with Crippen molar-refractivity contribution < 1.29 is 87.4 Å². The lowest BCUT2D eigenvalue weighted by Crippen LogP contribution is -2.65. The van der Waals surface area contributed by atoms with Crippen LogP contribution in [0.25, 0.3) is 0 Å². The molecule has 0 heterocycles. The first-order chi connectivity index (χ1) is 33.5. The SMILES string of the molecule is COOc1ccccc1C(=O)CC(C(=O)c1ccccc1OOC)(C(=O)c1ccccc1OOC)C(C(=O)c1ccccc1OOC)(C(=O)c1ccccc1OOC)C(=O)c1ccccc1OOC. The van der Waals surface area contributed by atoms with Crippen LogP contribution in [0.15, 0.2) is 146 Å². The highest BCUT2D eigenvalue weighted by molar-refractivity contribution is 6.44. The summed E-state index contributed by atoms with van der Waals surface area (Å²) in [5, 5.41) is 0. The topological polar surface area (TPSA) is 213 Å². The van der Waals surface area contributed by atoms with Gasteiger partial charge in [-0.25, -0.2) is 0 Å². The molecule has 0 unspecified atom stereocenters. The predicted molar refractivity (Wildman–Crippen MR) is 240 cm³/mol. The van der Waals surface area contributed by atoms with E-state index in [1.165, 1.54) is 127 Å².